The summed E-state index contributed by atoms with van der Waals surface area (Å²) in [7, 11) is 0. The van der Waals surface area contributed by atoms with E-state index in [9.17, 15) is 14.7 Å². The fraction of sp³-hybridized carbons (Fsp3) is 0.238. The van der Waals surface area contributed by atoms with Crippen LogP contribution in [0.2, 0.25) is 0 Å². The molecule has 2 unspecified atom stereocenters. The smallest absolute Gasteiger partial charge is 0.317 e. The van der Waals surface area contributed by atoms with E-state index in [-0.39, 0.29) is 24.1 Å². The van der Waals surface area contributed by atoms with Crippen molar-refractivity contribution in [1.82, 2.24) is 0 Å². The topological polar surface area (TPSA) is 63.6 Å². The number of allylic oxidation sites excluding steroid dienone is 2. The third-order valence-corrected chi connectivity index (χ3v) is 4.48. The zero-order valence-corrected chi connectivity index (χ0v) is 14.0. The van der Waals surface area contributed by atoms with Crippen molar-refractivity contribution >= 4 is 17.3 Å². The summed E-state index contributed by atoms with van der Waals surface area (Å²) in [5.74, 6) is -1.81. The first-order valence-electron chi connectivity index (χ1n) is 8.36. The number of ether oxygens (including phenoxy) is 1. The predicted molar refractivity (Wildman–Crippen MR) is 95.0 cm³/mol. The quantitative estimate of drug-likeness (QED) is 0.683. The van der Waals surface area contributed by atoms with E-state index in [0.29, 0.717) is 12.0 Å². The molecule has 1 N–H and O–H groups in total. The minimum Gasteiger partial charge on any atom is -0.507 e. The number of phenols is 1. The number of ketones is 1. The van der Waals surface area contributed by atoms with Crippen molar-refractivity contribution in [2.75, 3.05) is 6.61 Å². The Hall–Kier alpha value is -2.88. The molecule has 1 aliphatic rings. The van der Waals surface area contributed by atoms with Crippen LogP contribution in [0.5, 0.6) is 5.75 Å². The number of rotatable bonds is 4. The van der Waals surface area contributed by atoms with Gasteiger partial charge >= 0.3 is 5.97 Å². The highest BCUT2D eigenvalue weighted by Gasteiger charge is 2.39. The molecule has 0 amide bonds. The minimum atomic E-state index is -0.850. The summed E-state index contributed by atoms with van der Waals surface area (Å²) in [5, 5.41) is 10.1. The van der Waals surface area contributed by atoms with E-state index in [1.165, 1.54) is 6.08 Å². The van der Waals surface area contributed by atoms with Crippen molar-refractivity contribution in [3.8, 4) is 5.75 Å². The number of carbonyl (C=O) groups is 2. The molecule has 0 saturated carbocycles. The fourth-order valence-corrected chi connectivity index (χ4v) is 3.33. The normalized spacial score (nSPS) is 20.0. The van der Waals surface area contributed by atoms with E-state index in [1.54, 1.807) is 25.1 Å². The first kappa shape index (κ1) is 17.0. The molecule has 0 heterocycles. The van der Waals surface area contributed by atoms with Crippen LogP contribution in [0, 0.1) is 5.92 Å². The fourth-order valence-electron chi connectivity index (χ4n) is 3.33. The van der Waals surface area contributed by atoms with Crippen LogP contribution in [0.15, 0.2) is 60.7 Å². The second-order valence-electron chi connectivity index (χ2n) is 6.04. The molecule has 25 heavy (non-hydrogen) atoms. The Morgan fingerprint density at radius 3 is 2.48 bits per heavy atom. The van der Waals surface area contributed by atoms with Gasteiger partial charge in [-0.2, -0.15) is 0 Å². The van der Waals surface area contributed by atoms with E-state index in [4.69, 9.17) is 4.74 Å². The summed E-state index contributed by atoms with van der Waals surface area (Å²) in [6.07, 6.45) is 1.95. The Balaban J connectivity index is 2.04. The molecule has 3 rings (SSSR count). The molecular weight excluding hydrogens is 316 g/mol. The number of esters is 1. The van der Waals surface area contributed by atoms with Gasteiger partial charge < -0.3 is 9.84 Å². The number of carbonyl (C=O) groups excluding carboxylic acids is 2. The molecular formula is C21H20O4. The number of hydrogen-bond donors (Lipinski definition) is 1. The van der Waals surface area contributed by atoms with Crippen LogP contribution in [0.3, 0.4) is 0 Å². The molecule has 4 nitrogen and oxygen atoms in total. The van der Waals surface area contributed by atoms with E-state index in [1.807, 2.05) is 36.4 Å². The molecule has 2 aromatic carbocycles. The highest BCUT2D eigenvalue weighted by atomic mass is 16.5. The van der Waals surface area contributed by atoms with Gasteiger partial charge in [0.2, 0.25) is 0 Å². The van der Waals surface area contributed by atoms with Gasteiger partial charge in [-0.25, -0.2) is 0 Å². The van der Waals surface area contributed by atoms with Crippen molar-refractivity contribution in [2.24, 2.45) is 5.92 Å². The van der Waals surface area contributed by atoms with E-state index in [0.717, 1.165) is 11.1 Å². The van der Waals surface area contributed by atoms with E-state index in [2.05, 4.69) is 0 Å². The Morgan fingerprint density at radius 1 is 1.12 bits per heavy atom. The molecule has 0 aromatic heterocycles. The third-order valence-electron chi connectivity index (χ3n) is 4.48. The number of hydrogen-bond acceptors (Lipinski definition) is 4. The molecule has 0 fully saturated rings. The standard InChI is InChI=1S/C21H20O4/c1-2-25-21(24)20-17(14-8-4-3-5-9-14)12-15(13-19(20)23)16-10-6-7-11-18(16)22/h3-11,13,17,20,22H,2,12H2,1H3. The van der Waals surface area contributed by atoms with Crippen LogP contribution in [0.25, 0.3) is 5.57 Å². The van der Waals surface area contributed by atoms with Gasteiger partial charge in [-0.15, -0.1) is 0 Å². The van der Waals surface area contributed by atoms with Crippen molar-refractivity contribution in [3.63, 3.8) is 0 Å². The van der Waals surface area contributed by atoms with E-state index >= 15 is 0 Å². The molecule has 1 aliphatic carbocycles. The van der Waals surface area contributed by atoms with Crippen LogP contribution in [0.4, 0.5) is 0 Å². The predicted octanol–water partition coefficient (Wildman–Crippen LogP) is 3.71. The molecule has 128 valence electrons. The first-order chi connectivity index (χ1) is 12.1. The molecule has 2 aromatic rings. The van der Waals surface area contributed by atoms with Crippen molar-refractivity contribution in [1.29, 1.82) is 0 Å². The highest BCUT2D eigenvalue weighted by molar-refractivity contribution is 6.11. The Labute approximate surface area is 146 Å². The van der Waals surface area contributed by atoms with Crippen LogP contribution in [-0.4, -0.2) is 23.5 Å². The summed E-state index contributed by atoms with van der Waals surface area (Å²) in [5.41, 5.74) is 2.27. The highest BCUT2D eigenvalue weighted by Crippen LogP contribution is 2.41. The van der Waals surface area contributed by atoms with Gasteiger partial charge in [-0.05, 0) is 36.6 Å². The van der Waals surface area contributed by atoms with E-state index < -0.39 is 11.9 Å². The van der Waals surface area contributed by atoms with Gasteiger partial charge in [-0.1, -0.05) is 48.5 Å². The lowest BCUT2D eigenvalue weighted by atomic mass is 9.73. The Morgan fingerprint density at radius 2 is 1.80 bits per heavy atom. The van der Waals surface area contributed by atoms with Gasteiger partial charge in [0, 0.05) is 11.5 Å². The van der Waals surface area contributed by atoms with Gasteiger partial charge in [0.25, 0.3) is 0 Å². The second kappa shape index (κ2) is 7.34. The van der Waals surface area contributed by atoms with Gasteiger partial charge in [0.1, 0.15) is 11.7 Å². The summed E-state index contributed by atoms with van der Waals surface area (Å²) in [6.45, 7) is 1.96. The number of para-hydroxylation sites is 1. The molecule has 0 aliphatic heterocycles. The summed E-state index contributed by atoms with van der Waals surface area (Å²) in [4.78, 5) is 25.1. The molecule has 4 heteroatoms. The van der Waals surface area contributed by atoms with Crippen molar-refractivity contribution in [2.45, 2.75) is 19.3 Å². The Bertz CT molecular complexity index is 808. The lowest BCUT2D eigenvalue weighted by Gasteiger charge is -2.29. The first-order valence-corrected chi connectivity index (χ1v) is 8.36. The second-order valence-corrected chi connectivity index (χ2v) is 6.04. The molecule has 0 saturated heterocycles. The monoisotopic (exact) mass is 336 g/mol. The SMILES string of the molecule is CCOC(=O)C1C(=O)C=C(c2ccccc2O)CC1c1ccccc1. The lowest BCUT2D eigenvalue weighted by molar-refractivity contribution is -0.151. The van der Waals surface area contributed by atoms with Crippen LogP contribution in [-0.2, 0) is 14.3 Å². The maximum Gasteiger partial charge on any atom is 0.317 e. The average molecular weight is 336 g/mol. The molecule has 0 bridgehead atoms. The third kappa shape index (κ3) is 3.48. The summed E-state index contributed by atoms with van der Waals surface area (Å²) < 4.78 is 5.13. The largest absolute Gasteiger partial charge is 0.507 e. The molecule has 0 spiro atoms. The number of benzene rings is 2. The van der Waals surface area contributed by atoms with Crippen LogP contribution >= 0.6 is 0 Å². The zero-order valence-electron chi connectivity index (χ0n) is 14.0. The van der Waals surface area contributed by atoms with Crippen molar-refractivity contribution in [3.05, 3.63) is 71.8 Å². The van der Waals surface area contributed by atoms with Crippen molar-refractivity contribution < 1.29 is 19.4 Å². The summed E-state index contributed by atoms with van der Waals surface area (Å²) in [6, 6.07) is 16.4. The number of phenolic OH excluding ortho intramolecular Hbond substituents is 1. The maximum absolute atomic E-state index is 12.7. The Kier molecular flexibility index (Phi) is 4.98. The zero-order chi connectivity index (χ0) is 17.8. The van der Waals surface area contributed by atoms with Crippen LogP contribution in [0.1, 0.15) is 30.4 Å². The van der Waals surface area contributed by atoms with Gasteiger partial charge in [0.15, 0.2) is 5.78 Å². The lowest BCUT2D eigenvalue weighted by Crippen LogP contribution is -2.34. The van der Waals surface area contributed by atoms with Gasteiger partial charge in [-0.3, -0.25) is 9.59 Å². The number of aromatic hydroxyl groups is 1. The van der Waals surface area contributed by atoms with Gasteiger partial charge in [0.05, 0.1) is 6.61 Å². The summed E-state index contributed by atoms with van der Waals surface area (Å²) >= 11 is 0. The molecule has 2 atom stereocenters. The molecule has 0 radical (unpaired) electrons. The van der Waals surface area contributed by atoms with Crippen LogP contribution < -0.4 is 0 Å². The maximum atomic E-state index is 12.7. The average Bonchev–Trinajstić information content (AvgIpc) is 2.62. The minimum absolute atomic E-state index is 0.128.